The van der Waals surface area contributed by atoms with Crippen molar-refractivity contribution < 1.29 is 4.79 Å². The maximum absolute atomic E-state index is 12.4. The summed E-state index contributed by atoms with van der Waals surface area (Å²) in [5.41, 5.74) is 0.957. The van der Waals surface area contributed by atoms with E-state index in [2.05, 4.69) is 17.1 Å². The van der Waals surface area contributed by atoms with E-state index in [4.69, 9.17) is 0 Å². The Hall–Kier alpha value is -1.39. The van der Waals surface area contributed by atoms with Crippen molar-refractivity contribution in [1.29, 1.82) is 0 Å². The lowest BCUT2D eigenvalue weighted by Crippen LogP contribution is -2.47. The normalized spacial score (nSPS) is 16.4. The Morgan fingerprint density at radius 1 is 1.25 bits per heavy atom. The van der Waals surface area contributed by atoms with Gasteiger partial charge in [-0.1, -0.05) is 25.1 Å². The fraction of sp³-hybridized carbons (Fsp3) is 0.562. The average Bonchev–Trinajstić information content (AvgIpc) is 2.53. The first kappa shape index (κ1) is 15.0. The minimum absolute atomic E-state index is 0.164. The Morgan fingerprint density at radius 3 is 2.50 bits per heavy atom. The zero-order chi connectivity index (χ0) is 14.4. The molecule has 1 aliphatic heterocycles. The highest BCUT2D eigenvalue weighted by molar-refractivity contribution is 5.94. The molecular formula is C16H25N3O. The lowest BCUT2D eigenvalue weighted by atomic mass is 10.0. The van der Waals surface area contributed by atoms with Gasteiger partial charge in [0.1, 0.15) is 0 Å². The highest BCUT2D eigenvalue weighted by Crippen LogP contribution is 2.14. The zero-order valence-corrected chi connectivity index (χ0v) is 12.5. The number of benzene rings is 1. The summed E-state index contributed by atoms with van der Waals surface area (Å²) in [4.78, 5) is 16.5. The summed E-state index contributed by atoms with van der Waals surface area (Å²) in [6.45, 7) is 5.69. The molecule has 0 atom stereocenters. The van der Waals surface area contributed by atoms with Crippen molar-refractivity contribution in [3.63, 3.8) is 0 Å². The molecule has 1 saturated heterocycles. The lowest BCUT2D eigenvalue weighted by Gasteiger charge is -2.34. The predicted molar refractivity (Wildman–Crippen MR) is 83.0 cm³/mol. The van der Waals surface area contributed by atoms with Crippen molar-refractivity contribution in [3.05, 3.63) is 30.3 Å². The predicted octanol–water partition coefficient (Wildman–Crippen LogP) is 1.72. The number of carbonyl (C=O) groups excluding carboxylic acids is 1. The van der Waals surface area contributed by atoms with E-state index < -0.39 is 0 Å². The summed E-state index contributed by atoms with van der Waals surface area (Å²) in [6, 6.07) is 10.4. The summed E-state index contributed by atoms with van der Waals surface area (Å²) < 4.78 is 0. The largest absolute Gasteiger partial charge is 0.317 e. The number of hydrogen-bond donors (Lipinski definition) is 1. The molecule has 1 amide bonds. The van der Waals surface area contributed by atoms with E-state index in [1.165, 1.54) is 0 Å². The van der Waals surface area contributed by atoms with Gasteiger partial charge in [-0.05, 0) is 44.6 Å². The smallest absolute Gasteiger partial charge is 0.240 e. The second-order valence-corrected chi connectivity index (χ2v) is 5.33. The van der Waals surface area contributed by atoms with Gasteiger partial charge < -0.3 is 10.2 Å². The Bertz CT molecular complexity index is 415. The van der Waals surface area contributed by atoms with E-state index in [0.717, 1.165) is 38.2 Å². The molecule has 1 heterocycles. The van der Waals surface area contributed by atoms with Gasteiger partial charge in [0.15, 0.2) is 0 Å². The summed E-state index contributed by atoms with van der Waals surface area (Å²) in [6.07, 6.45) is 2.27. The summed E-state index contributed by atoms with van der Waals surface area (Å²) in [5.74, 6) is 0.164. The highest BCUT2D eigenvalue weighted by atomic mass is 16.2. The first-order valence-corrected chi connectivity index (χ1v) is 7.48. The molecule has 1 N–H and O–H groups in total. The minimum Gasteiger partial charge on any atom is -0.317 e. The fourth-order valence-electron chi connectivity index (χ4n) is 2.75. The fourth-order valence-corrected chi connectivity index (χ4v) is 2.75. The number of anilines is 1. The molecule has 0 saturated carbocycles. The number of hydrogen-bond acceptors (Lipinski definition) is 3. The number of nitrogens with one attached hydrogen (secondary N) is 1. The van der Waals surface area contributed by atoms with Gasteiger partial charge in [-0.3, -0.25) is 9.69 Å². The molecule has 0 radical (unpaired) electrons. The number of amides is 1. The van der Waals surface area contributed by atoms with Crippen molar-refractivity contribution in [3.8, 4) is 0 Å². The molecule has 2 rings (SSSR count). The third-order valence-corrected chi connectivity index (χ3v) is 4.09. The molecule has 0 aromatic heterocycles. The summed E-state index contributed by atoms with van der Waals surface area (Å²) in [7, 11) is 1.86. The van der Waals surface area contributed by atoms with Crippen LogP contribution in [0.4, 0.5) is 5.69 Å². The Labute approximate surface area is 121 Å². The van der Waals surface area contributed by atoms with E-state index >= 15 is 0 Å². The second kappa shape index (κ2) is 7.41. The minimum atomic E-state index is 0.164. The molecule has 0 spiro atoms. The first-order chi connectivity index (χ1) is 9.72. The maximum atomic E-state index is 12.4. The third kappa shape index (κ3) is 3.81. The molecule has 20 heavy (non-hydrogen) atoms. The van der Waals surface area contributed by atoms with E-state index in [1.807, 2.05) is 37.4 Å². The van der Waals surface area contributed by atoms with Crippen LogP contribution in [0.3, 0.4) is 0 Å². The molecule has 0 unspecified atom stereocenters. The average molecular weight is 275 g/mol. The summed E-state index contributed by atoms with van der Waals surface area (Å²) in [5, 5.41) is 3.37. The summed E-state index contributed by atoms with van der Waals surface area (Å²) >= 11 is 0. The van der Waals surface area contributed by atoms with Gasteiger partial charge in [-0.2, -0.15) is 0 Å². The Kier molecular flexibility index (Phi) is 5.56. The molecular weight excluding hydrogens is 250 g/mol. The number of rotatable bonds is 5. The SMILES string of the molecule is CCN(CC(=O)N(C)c1ccccc1)C1CCNCC1. The van der Waals surface area contributed by atoms with Gasteiger partial charge in [0.05, 0.1) is 6.54 Å². The monoisotopic (exact) mass is 275 g/mol. The number of piperidine rings is 1. The van der Waals surface area contributed by atoms with Crippen LogP contribution in [-0.4, -0.2) is 50.1 Å². The van der Waals surface area contributed by atoms with Crippen LogP contribution in [0.5, 0.6) is 0 Å². The first-order valence-electron chi connectivity index (χ1n) is 7.48. The van der Waals surface area contributed by atoms with Crippen LogP contribution in [0.15, 0.2) is 30.3 Å². The zero-order valence-electron chi connectivity index (χ0n) is 12.5. The number of carbonyl (C=O) groups is 1. The van der Waals surface area contributed by atoms with Crippen LogP contribution >= 0.6 is 0 Å². The molecule has 1 fully saturated rings. The standard InChI is InChI=1S/C16H25N3O/c1-3-19(15-9-11-17-12-10-15)13-16(20)18(2)14-7-5-4-6-8-14/h4-8,15,17H,3,9-13H2,1-2H3. The quantitative estimate of drug-likeness (QED) is 0.889. The third-order valence-electron chi connectivity index (χ3n) is 4.09. The van der Waals surface area contributed by atoms with Crippen molar-refractivity contribution >= 4 is 11.6 Å². The van der Waals surface area contributed by atoms with Crippen LogP contribution in [0.25, 0.3) is 0 Å². The number of likely N-dealkylation sites (N-methyl/N-ethyl adjacent to an activating group) is 2. The lowest BCUT2D eigenvalue weighted by molar-refractivity contribution is -0.120. The van der Waals surface area contributed by atoms with Crippen molar-refractivity contribution in [2.45, 2.75) is 25.8 Å². The number of para-hydroxylation sites is 1. The molecule has 110 valence electrons. The van der Waals surface area contributed by atoms with Crippen LogP contribution in [0, 0.1) is 0 Å². The second-order valence-electron chi connectivity index (χ2n) is 5.33. The van der Waals surface area contributed by atoms with E-state index in [-0.39, 0.29) is 5.91 Å². The molecule has 1 aromatic carbocycles. The molecule has 1 aliphatic rings. The van der Waals surface area contributed by atoms with Gasteiger partial charge in [-0.25, -0.2) is 0 Å². The van der Waals surface area contributed by atoms with Crippen LogP contribution < -0.4 is 10.2 Å². The van der Waals surface area contributed by atoms with E-state index in [9.17, 15) is 4.79 Å². The van der Waals surface area contributed by atoms with Gasteiger partial charge in [-0.15, -0.1) is 0 Å². The van der Waals surface area contributed by atoms with Crippen molar-refractivity contribution in [1.82, 2.24) is 10.2 Å². The molecule has 0 aliphatic carbocycles. The van der Waals surface area contributed by atoms with E-state index in [1.54, 1.807) is 4.90 Å². The molecule has 0 bridgehead atoms. The molecule has 4 heteroatoms. The Balaban J connectivity index is 1.94. The van der Waals surface area contributed by atoms with Crippen LogP contribution in [0.1, 0.15) is 19.8 Å². The van der Waals surface area contributed by atoms with Crippen LogP contribution in [0.2, 0.25) is 0 Å². The topological polar surface area (TPSA) is 35.6 Å². The molecule has 1 aromatic rings. The van der Waals surface area contributed by atoms with Gasteiger partial charge in [0, 0.05) is 18.8 Å². The Morgan fingerprint density at radius 2 is 1.90 bits per heavy atom. The van der Waals surface area contributed by atoms with Gasteiger partial charge in [0.25, 0.3) is 0 Å². The highest BCUT2D eigenvalue weighted by Gasteiger charge is 2.23. The van der Waals surface area contributed by atoms with Crippen molar-refractivity contribution in [2.24, 2.45) is 0 Å². The van der Waals surface area contributed by atoms with Crippen LogP contribution in [-0.2, 0) is 4.79 Å². The van der Waals surface area contributed by atoms with E-state index in [0.29, 0.717) is 12.6 Å². The number of nitrogens with zero attached hydrogens (tertiary/aromatic N) is 2. The maximum Gasteiger partial charge on any atom is 0.240 e. The van der Waals surface area contributed by atoms with Gasteiger partial charge >= 0.3 is 0 Å². The van der Waals surface area contributed by atoms with Crippen molar-refractivity contribution in [2.75, 3.05) is 38.1 Å². The van der Waals surface area contributed by atoms with Gasteiger partial charge in [0.2, 0.25) is 5.91 Å². The molecule has 4 nitrogen and oxygen atoms in total.